The number of thioether (sulfide) groups is 2. The molecule has 0 aliphatic rings. The van der Waals surface area contributed by atoms with Crippen LogP contribution in [-0.4, -0.2) is 17.5 Å². The topological polar surface area (TPSA) is 12.9 Å². The molecule has 72 valence electrons. The van der Waals surface area contributed by atoms with Crippen molar-refractivity contribution >= 4 is 34.3 Å². The summed E-state index contributed by atoms with van der Waals surface area (Å²) in [6.45, 7) is 0. The Morgan fingerprint density at radius 2 is 1.93 bits per heavy atom. The van der Waals surface area contributed by atoms with Gasteiger partial charge in [0.1, 0.15) is 0 Å². The molecule has 0 aliphatic carbocycles. The monoisotopic (exact) mass is 221 g/mol. The number of nitrogens with zero attached hydrogens (tertiary/aromatic N) is 1. The Balaban J connectivity index is 2.77. The highest BCUT2D eigenvalue weighted by molar-refractivity contribution is 8.01. The molecule has 3 heteroatoms. The molecule has 0 fully saturated rings. The maximum Gasteiger partial charge on any atom is 0.0358 e. The van der Waals surface area contributed by atoms with Crippen LogP contribution in [0.25, 0.3) is 10.8 Å². The van der Waals surface area contributed by atoms with Crippen molar-refractivity contribution in [2.24, 2.45) is 0 Å². The molecule has 0 amide bonds. The van der Waals surface area contributed by atoms with Crippen molar-refractivity contribution in [3.8, 4) is 0 Å². The van der Waals surface area contributed by atoms with Crippen molar-refractivity contribution in [2.75, 3.05) is 12.5 Å². The fraction of sp³-hybridized carbons (Fsp3) is 0.182. The van der Waals surface area contributed by atoms with Gasteiger partial charge in [-0.25, -0.2) is 0 Å². The van der Waals surface area contributed by atoms with E-state index in [1.165, 1.54) is 20.6 Å². The summed E-state index contributed by atoms with van der Waals surface area (Å²) in [6.07, 6.45) is 8.00. The minimum atomic E-state index is 1.26. The second kappa shape index (κ2) is 4.24. The molecule has 0 bridgehead atoms. The summed E-state index contributed by atoms with van der Waals surface area (Å²) in [7, 11) is 0. The molecule has 14 heavy (non-hydrogen) atoms. The summed E-state index contributed by atoms with van der Waals surface area (Å²) in [5.41, 5.74) is 0. The minimum absolute atomic E-state index is 1.26. The molecule has 0 spiro atoms. The van der Waals surface area contributed by atoms with Gasteiger partial charge in [0, 0.05) is 27.6 Å². The zero-order valence-corrected chi connectivity index (χ0v) is 9.78. The largest absolute Gasteiger partial charge is 0.264 e. The maximum atomic E-state index is 4.17. The number of rotatable bonds is 2. The van der Waals surface area contributed by atoms with E-state index in [2.05, 4.69) is 35.7 Å². The summed E-state index contributed by atoms with van der Waals surface area (Å²) in [5.74, 6) is 0. The standard InChI is InChI=1S/C11H11NS2/c1-13-10-4-3-8-5-6-12-7-9(8)11(10)14-2/h3-7H,1-2H3. The van der Waals surface area contributed by atoms with E-state index in [9.17, 15) is 0 Å². The SMILES string of the molecule is CSc1ccc2ccncc2c1SC. The Bertz CT molecular complexity index is 454. The molecule has 0 radical (unpaired) electrons. The molecule has 0 N–H and O–H groups in total. The Morgan fingerprint density at radius 3 is 2.64 bits per heavy atom. The lowest BCUT2D eigenvalue weighted by atomic mass is 10.2. The Kier molecular flexibility index (Phi) is 2.99. The Hall–Kier alpha value is -0.670. The lowest BCUT2D eigenvalue weighted by Crippen LogP contribution is -1.82. The molecule has 0 saturated carbocycles. The van der Waals surface area contributed by atoms with E-state index in [1.807, 2.05) is 12.4 Å². The fourth-order valence-corrected chi connectivity index (χ4v) is 3.14. The lowest BCUT2D eigenvalue weighted by Gasteiger charge is -2.07. The van der Waals surface area contributed by atoms with E-state index in [-0.39, 0.29) is 0 Å². The molecule has 2 aromatic rings. The van der Waals surface area contributed by atoms with Gasteiger partial charge >= 0.3 is 0 Å². The van der Waals surface area contributed by atoms with Gasteiger partial charge in [-0.15, -0.1) is 23.5 Å². The zero-order chi connectivity index (χ0) is 9.97. The van der Waals surface area contributed by atoms with Gasteiger partial charge in [0.2, 0.25) is 0 Å². The van der Waals surface area contributed by atoms with Crippen LogP contribution in [0.2, 0.25) is 0 Å². The molecule has 1 aromatic carbocycles. The highest BCUT2D eigenvalue weighted by atomic mass is 32.2. The van der Waals surface area contributed by atoms with Crippen LogP contribution in [0.4, 0.5) is 0 Å². The van der Waals surface area contributed by atoms with E-state index >= 15 is 0 Å². The third-order valence-electron chi connectivity index (χ3n) is 2.16. The van der Waals surface area contributed by atoms with E-state index in [4.69, 9.17) is 0 Å². The normalized spacial score (nSPS) is 10.7. The van der Waals surface area contributed by atoms with E-state index < -0.39 is 0 Å². The third-order valence-corrected chi connectivity index (χ3v) is 3.92. The summed E-state index contributed by atoms with van der Waals surface area (Å²) in [6, 6.07) is 6.39. The van der Waals surface area contributed by atoms with Gasteiger partial charge in [-0.05, 0) is 30.0 Å². The smallest absolute Gasteiger partial charge is 0.0358 e. The molecular formula is C11H11NS2. The average molecular weight is 221 g/mol. The molecule has 0 unspecified atom stereocenters. The third kappa shape index (κ3) is 1.62. The molecule has 2 rings (SSSR count). The van der Waals surface area contributed by atoms with Gasteiger partial charge in [0.05, 0.1) is 0 Å². The van der Waals surface area contributed by atoms with Crippen LogP contribution < -0.4 is 0 Å². The predicted octanol–water partition coefficient (Wildman–Crippen LogP) is 3.68. The van der Waals surface area contributed by atoms with Crippen molar-refractivity contribution in [1.29, 1.82) is 0 Å². The number of fused-ring (bicyclic) bond motifs is 1. The van der Waals surface area contributed by atoms with Crippen molar-refractivity contribution in [2.45, 2.75) is 9.79 Å². The first kappa shape index (κ1) is 9.87. The summed E-state index contributed by atoms with van der Waals surface area (Å²) < 4.78 is 0. The molecule has 0 saturated heterocycles. The Labute approximate surface area is 92.3 Å². The maximum absolute atomic E-state index is 4.17. The fourth-order valence-electron chi connectivity index (χ4n) is 1.49. The van der Waals surface area contributed by atoms with Crippen molar-refractivity contribution < 1.29 is 0 Å². The van der Waals surface area contributed by atoms with Crippen molar-refractivity contribution in [3.05, 3.63) is 30.6 Å². The van der Waals surface area contributed by atoms with E-state index in [1.54, 1.807) is 23.5 Å². The molecule has 1 heterocycles. The molecule has 1 aromatic heterocycles. The van der Waals surface area contributed by atoms with Gasteiger partial charge in [-0.2, -0.15) is 0 Å². The van der Waals surface area contributed by atoms with Crippen LogP contribution in [0, 0.1) is 0 Å². The van der Waals surface area contributed by atoms with Crippen LogP contribution in [0.3, 0.4) is 0 Å². The lowest BCUT2D eigenvalue weighted by molar-refractivity contribution is 1.27. The first-order valence-corrected chi connectivity index (χ1v) is 6.76. The number of hydrogen-bond acceptors (Lipinski definition) is 3. The number of hydrogen-bond donors (Lipinski definition) is 0. The number of benzene rings is 1. The second-order valence-electron chi connectivity index (χ2n) is 2.90. The van der Waals surface area contributed by atoms with Crippen molar-refractivity contribution in [3.63, 3.8) is 0 Å². The van der Waals surface area contributed by atoms with Gasteiger partial charge in [0.25, 0.3) is 0 Å². The number of aromatic nitrogens is 1. The van der Waals surface area contributed by atoms with Crippen LogP contribution in [-0.2, 0) is 0 Å². The highest BCUT2D eigenvalue weighted by Gasteiger charge is 2.05. The van der Waals surface area contributed by atoms with E-state index in [0.717, 1.165) is 0 Å². The summed E-state index contributed by atoms with van der Waals surface area (Å²) in [4.78, 5) is 6.84. The Morgan fingerprint density at radius 1 is 1.07 bits per heavy atom. The van der Waals surface area contributed by atoms with Gasteiger partial charge < -0.3 is 0 Å². The molecule has 1 nitrogen and oxygen atoms in total. The molecule has 0 atom stereocenters. The molecular weight excluding hydrogens is 210 g/mol. The predicted molar refractivity (Wildman–Crippen MR) is 65.3 cm³/mol. The van der Waals surface area contributed by atoms with Crippen LogP contribution >= 0.6 is 23.5 Å². The highest BCUT2D eigenvalue weighted by Crippen LogP contribution is 2.34. The first-order chi connectivity index (χ1) is 6.86. The summed E-state index contributed by atoms with van der Waals surface area (Å²) in [5, 5.41) is 2.52. The van der Waals surface area contributed by atoms with Gasteiger partial charge in [-0.3, -0.25) is 4.98 Å². The van der Waals surface area contributed by atoms with Crippen LogP contribution in [0.5, 0.6) is 0 Å². The quantitative estimate of drug-likeness (QED) is 0.718. The van der Waals surface area contributed by atoms with Gasteiger partial charge in [0.15, 0.2) is 0 Å². The van der Waals surface area contributed by atoms with Crippen LogP contribution in [0.1, 0.15) is 0 Å². The van der Waals surface area contributed by atoms with Crippen molar-refractivity contribution in [1.82, 2.24) is 4.98 Å². The second-order valence-corrected chi connectivity index (χ2v) is 4.56. The minimum Gasteiger partial charge on any atom is -0.264 e. The first-order valence-electron chi connectivity index (χ1n) is 4.31. The molecule has 0 aliphatic heterocycles. The summed E-state index contributed by atoms with van der Waals surface area (Å²) >= 11 is 3.57. The number of pyridine rings is 1. The van der Waals surface area contributed by atoms with Crippen LogP contribution in [0.15, 0.2) is 40.4 Å². The zero-order valence-electron chi connectivity index (χ0n) is 8.15. The van der Waals surface area contributed by atoms with Gasteiger partial charge in [-0.1, -0.05) is 6.07 Å². The van der Waals surface area contributed by atoms with E-state index in [0.29, 0.717) is 0 Å². The average Bonchev–Trinajstić information content (AvgIpc) is 2.27.